The Morgan fingerprint density at radius 3 is 2.36 bits per heavy atom. The van der Waals surface area contributed by atoms with Crippen LogP contribution in [0.1, 0.15) is 23.7 Å². The summed E-state index contributed by atoms with van der Waals surface area (Å²) in [4.78, 5) is 28.8. The van der Waals surface area contributed by atoms with E-state index in [2.05, 4.69) is 15.0 Å². The largest absolute Gasteiger partial charge is 0.573 e. The van der Waals surface area contributed by atoms with Gasteiger partial charge in [0.05, 0.1) is 19.9 Å². The number of rotatable bonds is 9. The van der Waals surface area contributed by atoms with E-state index in [1.807, 2.05) is 0 Å². The lowest BCUT2D eigenvalue weighted by Gasteiger charge is -2.11. The van der Waals surface area contributed by atoms with Crippen molar-refractivity contribution in [1.29, 1.82) is 0 Å². The number of aromatic nitrogens is 1. The van der Waals surface area contributed by atoms with Crippen LogP contribution in [0.4, 0.5) is 13.2 Å². The van der Waals surface area contributed by atoms with Crippen LogP contribution in [0.25, 0.3) is 11.3 Å². The zero-order valence-corrected chi connectivity index (χ0v) is 20.5. The molecule has 0 aliphatic heterocycles. The molecule has 0 atom stereocenters. The van der Waals surface area contributed by atoms with Crippen molar-refractivity contribution in [1.82, 2.24) is 9.88 Å². The van der Waals surface area contributed by atoms with Crippen LogP contribution in [0.3, 0.4) is 0 Å². The lowest BCUT2D eigenvalue weighted by Crippen LogP contribution is -2.24. The van der Waals surface area contributed by atoms with Gasteiger partial charge in [0.25, 0.3) is 5.91 Å². The molecule has 1 heterocycles. The highest BCUT2D eigenvalue weighted by molar-refractivity contribution is 7.07. The number of hydrogen-bond donors (Lipinski definition) is 1. The molecule has 0 saturated heterocycles. The average molecular weight is 524 g/mol. The molecule has 192 valence electrons. The predicted octanol–water partition coefficient (Wildman–Crippen LogP) is 4.40. The molecule has 0 aliphatic rings. The van der Waals surface area contributed by atoms with Crippen molar-refractivity contribution < 1.29 is 37.0 Å². The van der Waals surface area contributed by atoms with Gasteiger partial charge in [0, 0.05) is 31.0 Å². The summed E-state index contributed by atoms with van der Waals surface area (Å²) in [5, 5.41) is 4.47. The molecule has 0 spiro atoms. The Balaban J connectivity index is 1.96. The van der Waals surface area contributed by atoms with Gasteiger partial charge in [-0.1, -0.05) is 0 Å². The van der Waals surface area contributed by atoms with Crippen molar-refractivity contribution in [3.8, 4) is 28.5 Å². The van der Waals surface area contributed by atoms with E-state index in [-0.39, 0.29) is 11.7 Å². The number of nitrogens with zero attached hydrogens (tertiary/aromatic N) is 2. The van der Waals surface area contributed by atoms with Crippen LogP contribution in [0.2, 0.25) is 0 Å². The van der Waals surface area contributed by atoms with Crippen LogP contribution < -0.4 is 24.3 Å². The second-order valence-corrected chi connectivity index (χ2v) is 8.29. The Labute approximate surface area is 209 Å². The molecule has 0 saturated carbocycles. The summed E-state index contributed by atoms with van der Waals surface area (Å²) in [6.45, 7) is 2.22. The molecule has 1 N–H and O–H groups in total. The summed E-state index contributed by atoms with van der Waals surface area (Å²) in [6.07, 6.45) is -4.25. The minimum absolute atomic E-state index is 0.167. The Morgan fingerprint density at radius 2 is 1.75 bits per heavy atom. The van der Waals surface area contributed by atoms with Crippen LogP contribution in [0.15, 0.2) is 52.8 Å². The fourth-order valence-electron chi connectivity index (χ4n) is 3.32. The van der Waals surface area contributed by atoms with Gasteiger partial charge in [-0.3, -0.25) is 9.59 Å². The molecule has 8 nitrogen and oxygen atoms in total. The maximum atomic E-state index is 12.9. The fourth-order valence-corrected chi connectivity index (χ4v) is 4.25. The summed E-state index contributed by atoms with van der Waals surface area (Å²) >= 11 is 1.21. The Morgan fingerprint density at radius 1 is 1.06 bits per heavy atom. The highest BCUT2D eigenvalue weighted by Crippen LogP contribution is 2.29. The predicted molar refractivity (Wildman–Crippen MR) is 127 cm³/mol. The molecule has 3 rings (SSSR count). The molecular weight excluding hydrogens is 499 g/mol. The van der Waals surface area contributed by atoms with Crippen molar-refractivity contribution in [2.24, 2.45) is 4.99 Å². The quantitative estimate of drug-likeness (QED) is 0.420. The van der Waals surface area contributed by atoms with Crippen molar-refractivity contribution in [3.05, 3.63) is 58.2 Å². The molecule has 1 aromatic heterocycles. The topological polar surface area (TPSA) is 91.1 Å². The van der Waals surface area contributed by atoms with E-state index in [1.54, 1.807) is 22.1 Å². The number of carbonyl (C=O) groups is 2. The summed E-state index contributed by atoms with van der Waals surface area (Å²) in [5.74, 6) is -0.159. The molecule has 3 aromatic rings. The highest BCUT2D eigenvalue weighted by Gasteiger charge is 2.31. The number of ether oxygens (including phenoxy) is 3. The van der Waals surface area contributed by atoms with Gasteiger partial charge in [0.2, 0.25) is 5.91 Å². The second kappa shape index (κ2) is 11.8. The third kappa shape index (κ3) is 7.11. The molecular formula is C24H24F3N3O5S. The molecule has 0 radical (unpaired) electrons. The number of halogens is 3. The van der Waals surface area contributed by atoms with E-state index in [4.69, 9.17) is 9.47 Å². The highest BCUT2D eigenvalue weighted by atomic mass is 32.1. The normalized spacial score (nSPS) is 11.8. The Kier molecular flexibility index (Phi) is 8.75. The third-order valence-electron chi connectivity index (χ3n) is 4.94. The fraction of sp³-hybridized carbons (Fsp3) is 0.292. The van der Waals surface area contributed by atoms with E-state index in [9.17, 15) is 22.8 Å². The van der Waals surface area contributed by atoms with Gasteiger partial charge in [-0.2, -0.15) is 4.99 Å². The first kappa shape index (κ1) is 26.8. The smallest absolute Gasteiger partial charge is 0.493 e. The van der Waals surface area contributed by atoms with Gasteiger partial charge in [-0.15, -0.1) is 24.5 Å². The Hall–Kier alpha value is -3.80. The number of amides is 2. The van der Waals surface area contributed by atoms with Gasteiger partial charge in [-0.05, 0) is 54.4 Å². The second-order valence-electron chi connectivity index (χ2n) is 7.45. The first-order chi connectivity index (χ1) is 17.1. The van der Waals surface area contributed by atoms with Crippen LogP contribution in [0.5, 0.6) is 17.2 Å². The van der Waals surface area contributed by atoms with E-state index < -0.39 is 12.3 Å². The van der Waals surface area contributed by atoms with Gasteiger partial charge in [0.15, 0.2) is 16.3 Å². The van der Waals surface area contributed by atoms with Gasteiger partial charge in [0.1, 0.15) is 5.75 Å². The van der Waals surface area contributed by atoms with E-state index in [1.165, 1.54) is 62.8 Å². The van der Waals surface area contributed by atoms with E-state index in [0.29, 0.717) is 52.6 Å². The van der Waals surface area contributed by atoms with Gasteiger partial charge < -0.3 is 24.1 Å². The number of hydrogen-bond acceptors (Lipinski definition) is 6. The number of carbonyl (C=O) groups excluding carboxylic acids is 2. The Bertz CT molecular complexity index is 1280. The molecule has 0 aliphatic carbocycles. The number of nitrogens with one attached hydrogen (secondary N) is 1. The van der Waals surface area contributed by atoms with E-state index in [0.717, 1.165) is 0 Å². The lowest BCUT2D eigenvalue weighted by molar-refractivity contribution is -0.274. The molecule has 0 bridgehead atoms. The number of alkyl halides is 3. The summed E-state index contributed by atoms with van der Waals surface area (Å²) in [7, 11) is 2.95. The maximum Gasteiger partial charge on any atom is 0.573 e. The molecule has 0 fully saturated rings. The molecule has 2 aromatic carbocycles. The van der Waals surface area contributed by atoms with Gasteiger partial charge >= 0.3 is 6.36 Å². The standard InChI is InChI=1S/C24H24F3N3O5S/c1-15(31)28-11-4-12-30-19(16-5-8-18(9-6-16)35-24(25,26)27)14-36-23(30)29-22(32)17-7-10-20(33-2)21(13-17)34-3/h5-10,13-14H,4,11-12H2,1-3H3,(H,28,31)/b29-23-. The van der Waals surface area contributed by atoms with Crippen LogP contribution >= 0.6 is 11.3 Å². The lowest BCUT2D eigenvalue weighted by atomic mass is 10.1. The number of thiazole rings is 1. The number of benzene rings is 2. The minimum atomic E-state index is -4.79. The van der Waals surface area contributed by atoms with Crippen LogP contribution in [0, 0.1) is 0 Å². The zero-order chi connectivity index (χ0) is 26.3. The van der Waals surface area contributed by atoms with Crippen molar-refractivity contribution in [2.75, 3.05) is 20.8 Å². The third-order valence-corrected chi connectivity index (χ3v) is 5.81. The van der Waals surface area contributed by atoms with E-state index >= 15 is 0 Å². The minimum Gasteiger partial charge on any atom is -0.493 e. The molecule has 12 heteroatoms. The summed E-state index contributed by atoms with van der Waals surface area (Å²) < 4.78 is 53.7. The zero-order valence-electron chi connectivity index (χ0n) is 19.7. The first-order valence-corrected chi connectivity index (χ1v) is 11.6. The molecule has 36 heavy (non-hydrogen) atoms. The van der Waals surface area contributed by atoms with Crippen molar-refractivity contribution in [3.63, 3.8) is 0 Å². The maximum absolute atomic E-state index is 12.9. The van der Waals surface area contributed by atoms with Gasteiger partial charge in [-0.25, -0.2) is 0 Å². The summed E-state index contributed by atoms with van der Waals surface area (Å²) in [5.41, 5.74) is 1.56. The number of methoxy groups -OCH3 is 2. The van der Waals surface area contributed by atoms with Crippen molar-refractivity contribution >= 4 is 23.2 Å². The molecule has 0 unspecified atom stereocenters. The van der Waals surface area contributed by atoms with Crippen LogP contribution in [-0.4, -0.2) is 43.5 Å². The SMILES string of the molecule is COc1ccc(C(=O)/N=c2\scc(-c3ccc(OC(F)(F)F)cc3)n2CCCNC(C)=O)cc1OC. The molecule has 2 amide bonds. The van der Waals surface area contributed by atoms with Crippen molar-refractivity contribution in [2.45, 2.75) is 26.3 Å². The average Bonchev–Trinajstić information content (AvgIpc) is 3.22. The summed E-state index contributed by atoms with van der Waals surface area (Å²) in [6, 6.07) is 10.1. The van der Waals surface area contributed by atoms with Crippen LogP contribution in [-0.2, 0) is 11.3 Å². The monoisotopic (exact) mass is 523 g/mol. The first-order valence-electron chi connectivity index (χ1n) is 10.7.